The molecule has 1 amide bonds. The minimum absolute atomic E-state index is 0.101. The minimum Gasteiger partial charge on any atom is -0.411 e. The molecule has 2 rings (SSSR count). The van der Waals surface area contributed by atoms with E-state index < -0.39 is 0 Å². The second-order valence-electron chi connectivity index (χ2n) is 3.91. The van der Waals surface area contributed by atoms with Crippen LogP contribution in [0.3, 0.4) is 0 Å². The third-order valence-corrected chi connectivity index (χ3v) is 3.32. The number of aromatic nitrogens is 3. The van der Waals surface area contributed by atoms with Gasteiger partial charge in [0.25, 0.3) is 5.22 Å². The Morgan fingerprint density at radius 3 is 3.15 bits per heavy atom. The number of carbonyl (C=O) groups is 1. The summed E-state index contributed by atoms with van der Waals surface area (Å²) in [5, 5.41) is 10.6. The third-order valence-electron chi connectivity index (χ3n) is 2.38. The molecule has 0 saturated carbocycles. The molecule has 1 N–H and O–H groups in total. The van der Waals surface area contributed by atoms with Crippen LogP contribution in [-0.4, -0.2) is 32.9 Å². The standard InChI is InChI=1S/C13H14N4O2S/c1-3-6-15-11(18)9(2)20-13-17-16-12(19-13)10-5-4-7-14-8-10/h3-5,7-9H,1,6H2,2H3,(H,15,18)/t9-/m1/s1. The smallest absolute Gasteiger partial charge is 0.277 e. The van der Waals surface area contributed by atoms with Gasteiger partial charge in [0.15, 0.2) is 0 Å². The number of nitrogens with zero attached hydrogens (tertiary/aromatic N) is 3. The largest absolute Gasteiger partial charge is 0.411 e. The van der Waals surface area contributed by atoms with Crippen molar-refractivity contribution in [2.75, 3.05) is 6.54 Å². The highest BCUT2D eigenvalue weighted by Gasteiger charge is 2.18. The fraction of sp³-hybridized carbons (Fsp3) is 0.231. The Morgan fingerprint density at radius 2 is 2.45 bits per heavy atom. The zero-order valence-corrected chi connectivity index (χ0v) is 11.8. The minimum atomic E-state index is -0.322. The van der Waals surface area contributed by atoms with E-state index in [0.717, 1.165) is 5.56 Å². The lowest BCUT2D eigenvalue weighted by Crippen LogP contribution is -2.30. The average Bonchev–Trinajstić information content (AvgIpc) is 2.94. The maximum atomic E-state index is 11.7. The van der Waals surface area contributed by atoms with E-state index in [1.165, 1.54) is 11.8 Å². The van der Waals surface area contributed by atoms with Crippen molar-refractivity contribution in [1.29, 1.82) is 0 Å². The lowest BCUT2D eigenvalue weighted by Gasteiger charge is -2.07. The summed E-state index contributed by atoms with van der Waals surface area (Å²) < 4.78 is 5.50. The molecule has 1 atom stereocenters. The van der Waals surface area contributed by atoms with Crippen molar-refractivity contribution in [1.82, 2.24) is 20.5 Å². The van der Waals surface area contributed by atoms with Crippen molar-refractivity contribution in [3.63, 3.8) is 0 Å². The van der Waals surface area contributed by atoms with Gasteiger partial charge in [-0.25, -0.2) is 0 Å². The van der Waals surface area contributed by atoms with E-state index in [1.54, 1.807) is 31.5 Å². The van der Waals surface area contributed by atoms with Crippen LogP contribution in [0.1, 0.15) is 6.92 Å². The summed E-state index contributed by atoms with van der Waals surface area (Å²) in [5.41, 5.74) is 0.746. The van der Waals surface area contributed by atoms with E-state index in [0.29, 0.717) is 17.7 Å². The van der Waals surface area contributed by atoms with Crippen LogP contribution in [0.25, 0.3) is 11.5 Å². The average molecular weight is 290 g/mol. The summed E-state index contributed by atoms with van der Waals surface area (Å²) in [7, 11) is 0. The highest BCUT2D eigenvalue weighted by atomic mass is 32.2. The highest BCUT2D eigenvalue weighted by Crippen LogP contribution is 2.25. The van der Waals surface area contributed by atoms with Gasteiger partial charge in [0.1, 0.15) is 0 Å². The van der Waals surface area contributed by atoms with Crippen LogP contribution >= 0.6 is 11.8 Å². The van der Waals surface area contributed by atoms with E-state index >= 15 is 0 Å². The molecule has 0 fully saturated rings. The normalized spacial score (nSPS) is 11.8. The Bertz CT molecular complexity index is 585. The van der Waals surface area contributed by atoms with E-state index in [2.05, 4.69) is 27.1 Å². The molecule has 0 aliphatic carbocycles. The van der Waals surface area contributed by atoms with Gasteiger partial charge in [0.05, 0.1) is 10.8 Å². The Hall–Kier alpha value is -2.15. The number of nitrogens with one attached hydrogen (secondary N) is 1. The molecule has 20 heavy (non-hydrogen) atoms. The molecule has 7 heteroatoms. The zero-order chi connectivity index (χ0) is 14.4. The van der Waals surface area contributed by atoms with Gasteiger partial charge < -0.3 is 9.73 Å². The van der Waals surface area contributed by atoms with Gasteiger partial charge in [0.2, 0.25) is 11.8 Å². The van der Waals surface area contributed by atoms with E-state index in [-0.39, 0.29) is 11.2 Å². The van der Waals surface area contributed by atoms with Crippen molar-refractivity contribution < 1.29 is 9.21 Å². The van der Waals surface area contributed by atoms with Crippen molar-refractivity contribution in [3.8, 4) is 11.5 Å². The van der Waals surface area contributed by atoms with Crippen molar-refractivity contribution >= 4 is 17.7 Å². The number of hydrogen-bond acceptors (Lipinski definition) is 6. The molecule has 2 heterocycles. The molecule has 0 unspecified atom stereocenters. The van der Waals surface area contributed by atoms with Crippen molar-refractivity contribution in [3.05, 3.63) is 37.2 Å². The molecule has 2 aromatic rings. The van der Waals surface area contributed by atoms with E-state index in [1.807, 2.05) is 6.07 Å². The summed E-state index contributed by atoms with van der Waals surface area (Å²) in [6.45, 7) is 5.76. The van der Waals surface area contributed by atoms with E-state index in [9.17, 15) is 4.79 Å². The molecule has 104 valence electrons. The van der Waals surface area contributed by atoms with Gasteiger partial charge in [-0.05, 0) is 19.1 Å². The van der Waals surface area contributed by atoms with Crippen LogP contribution in [0.4, 0.5) is 0 Å². The third kappa shape index (κ3) is 3.67. The second-order valence-corrected chi connectivity index (χ2v) is 5.20. The quantitative estimate of drug-likeness (QED) is 0.646. The molecule has 0 saturated heterocycles. The van der Waals surface area contributed by atoms with Crippen LogP contribution < -0.4 is 5.32 Å². The molecule has 2 aromatic heterocycles. The van der Waals surface area contributed by atoms with Crippen LogP contribution in [0, 0.1) is 0 Å². The molecule has 0 radical (unpaired) electrons. The Labute approximate surface area is 120 Å². The molecule has 0 bridgehead atoms. The first-order chi connectivity index (χ1) is 9.70. The molecule has 0 aliphatic rings. The van der Waals surface area contributed by atoms with Gasteiger partial charge in [0, 0.05) is 18.9 Å². The van der Waals surface area contributed by atoms with Crippen molar-refractivity contribution in [2.45, 2.75) is 17.4 Å². The lowest BCUT2D eigenvalue weighted by atomic mass is 10.3. The van der Waals surface area contributed by atoms with Gasteiger partial charge in [-0.15, -0.1) is 16.8 Å². The summed E-state index contributed by atoms with van der Waals surface area (Å²) in [6, 6.07) is 3.62. The first kappa shape index (κ1) is 14.3. The van der Waals surface area contributed by atoms with Gasteiger partial charge in [-0.2, -0.15) is 0 Å². The second kappa shape index (κ2) is 6.85. The molecule has 6 nitrogen and oxygen atoms in total. The number of amides is 1. The molecule has 0 spiro atoms. The number of pyridine rings is 1. The predicted octanol–water partition coefficient (Wildman–Crippen LogP) is 1.91. The molecule has 0 aliphatic heterocycles. The Morgan fingerprint density at radius 1 is 1.60 bits per heavy atom. The monoisotopic (exact) mass is 290 g/mol. The number of carbonyl (C=O) groups excluding carboxylic acids is 1. The van der Waals surface area contributed by atoms with E-state index in [4.69, 9.17) is 4.42 Å². The first-order valence-corrected chi connectivity index (χ1v) is 6.88. The maximum absolute atomic E-state index is 11.7. The van der Waals surface area contributed by atoms with Gasteiger partial charge in [-0.1, -0.05) is 17.8 Å². The summed E-state index contributed by atoms with van der Waals surface area (Å²) in [5.74, 6) is 0.287. The molecular formula is C13H14N4O2S. The number of hydrogen-bond donors (Lipinski definition) is 1. The van der Waals surface area contributed by atoms with Gasteiger partial charge >= 0.3 is 0 Å². The van der Waals surface area contributed by atoms with Crippen LogP contribution in [0.2, 0.25) is 0 Å². The van der Waals surface area contributed by atoms with Gasteiger partial charge in [-0.3, -0.25) is 9.78 Å². The summed E-state index contributed by atoms with van der Waals surface area (Å²) >= 11 is 1.21. The van der Waals surface area contributed by atoms with Crippen molar-refractivity contribution in [2.24, 2.45) is 0 Å². The first-order valence-electron chi connectivity index (χ1n) is 6.00. The highest BCUT2D eigenvalue weighted by molar-refractivity contribution is 8.00. The summed E-state index contributed by atoms with van der Waals surface area (Å²) in [4.78, 5) is 15.7. The number of thioether (sulfide) groups is 1. The van der Waals surface area contributed by atoms with Crippen LogP contribution in [-0.2, 0) is 4.79 Å². The number of rotatable bonds is 6. The Balaban J connectivity index is 1.99. The topological polar surface area (TPSA) is 80.9 Å². The molecule has 0 aromatic carbocycles. The zero-order valence-electron chi connectivity index (χ0n) is 10.9. The molecular weight excluding hydrogens is 276 g/mol. The van der Waals surface area contributed by atoms with Crippen LogP contribution in [0.5, 0.6) is 0 Å². The predicted molar refractivity (Wildman–Crippen MR) is 76.1 cm³/mol. The van der Waals surface area contributed by atoms with Crippen LogP contribution in [0.15, 0.2) is 46.8 Å². The lowest BCUT2D eigenvalue weighted by molar-refractivity contribution is -0.120. The fourth-order valence-electron chi connectivity index (χ4n) is 1.38. The summed E-state index contributed by atoms with van der Waals surface area (Å²) in [6.07, 6.45) is 4.94. The maximum Gasteiger partial charge on any atom is 0.277 e. The fourth-order valence-corrected chi connectivity index (χ4v) is 2.09. The SMILES string of the molecule is C=CCNC(=O)[C@@H](C)Sc1nnc(-c2cccnc2)o1. The Kier molecular flexibility index (Phi) is 4.89.